The van der Waals surface area contributed by atoms with Crippen LogP contribution in [0, 0.1) is 24.0 Å². The number of hydrogen-bond acceptors (Lipinski definition) is 6. The number of nitro benzene ring substituents is 1. The van der Waals surface area contributed by atoms with Crippen LogP contribution in [0.3, 0.4) is 0 Å². The Balaban J connectivity index is 1.73. The van der Waals surface area contributed by atoms with E-state index < -0.39 is 4.92 Å². The van der Waals surface area contributed by atoms with Crippen molar-refractivity contribution in [2.45, 2.75) is 25.9 Å². The summed E-state index contributed by atoms with van der Waals surface area (Å²) in [7, 11) is 3.19. The Morgan fingerprint density at radius 3 is 2.37 bits per heavy atom. The van der Waals surface area contributed by atoms with Gasteiger partial charge in [0, 0.05) is 29.7 Å². The number of nitrogens with one attached hydrogen (secondary N) is 1. The number of para-hydroxylation sites is 2. The second kappa shape index (κ2) is 10.1. The van der Waals surface area contributed by atoms with Crippen molar-refractivity contribution >= 4 is 28.7 Å². The van der Waals surface area contributed by atoms with E-state index in [2.05, 4.69) is 21.3 Å². The van der Waals surface area contributed by atoms with Crippen LogP contribution in [0.2, 0.25) is 0 Å². The van der Waals surface area contributed by atoms with Crippen LogP contribution in [0.25, 0.3) is 5.69 Å². The van der Waals surface area contributed by atoms with Crippen molar-refractivity contribution in [3.05, 3.63) is 106 Å². The number of ether oxygens (including phenoxy) is 2. The third-order valence-corrected chi connectivity index (χ3v) is 7.16. The van der Waals surface area contributed by atoms with Crippen molar-refractivity contribution in [1.82, 2.24) is 14.9 Å². The van der Waals surface area contributed by atoms with Crippen LogP contribution < -0.4 is 19.7 Å². The van der Waals surface area contributed by atoms with Crippen molar-refractivity contribution in [2.24, 2.45) is 0 Å². The van der Waals surface area contributed by atoms with E-state index in [1.807, 2.05) is 60.9 Å². The van der Waals surface area contributed by atoms with Gasteiger partial charge in [-0.3, -0.25) is 15.1 Å². The summed E-state index contributed by atoms with van der Waals surface area (Å²) in [6, 6.07) is 19.7. The quantitative estimate of drug-likeness (QED) is 0.188. The largest absolute Gasteiger partial charge is 0.495 e. The summed E-state index contributed by atoms with van der Waals surface area (Å²) < 4.78 is 13.3. The van der Waals surface area contributed by atoms with E-state index in [9.17, 15) is 10.1 Å². The van der Waals surface area contributed by atoms with Crippen LogP contribution >= 0.6 is 12.2 Å². The van der Waals surface area contributed by atoms with Gasteiger partial charge >= 0.3 is 0 Å². The van der Waals surface area contributed by atoms with E-state index in [1.165, 1.54) is 12.1 Å². The molecule has 0 amide bonds. The molecule has 1 fully saturated rings. The molecule has 0 radical (unpaired) electrons. The molecule has 1 aliphatic heterocycles. The van der Waals surface area contributed by atoms with Crippen LogP contribution in [0.5, 0.6) is 11.5 Å². The lowest BCUT2D eigenvalue weighted by Crippen LogP contribution is -2.30. The average molecular weight is 530 g/mol. The number of methoxy groups -OCH3 is 2. The van der Waals surface area contributed by atoms with Gasteiger partial charge < -0.3 is 24.3 Å². The Kier molecular flexibility index (Phi) is 6.73. The summed E-state index contributed by atoms with van der Waals surface area (Å²) in [5.74, 6) is 1.23. The van der Waals surface area contributed by atoms with Crippen molar-refractivity contribution < 1.29 is 14.4 Å². The first kappa shape index (κ1) is 25.2. The number of pyridine rings is 1. The number of aryl methyl sites for hydroxylation is 1. The average Bonchev–Trinajstić information content (AvgIpc) is 3.43. The van der Waals surface area contributed by atoms with Gasteiger partial charge in [0.2, 0.25) is 0 Å². The molecule has 38 heavy (non-hydrogen) atoms. The summed E-state index contributed by atoms with van der Waals surface area (Å²) in [5.41, 5.74) is 5.04. The first-order chi connectivity index (χ1) is 18.3. The van der Waals surface area contributed by atoms with Gasteiger partial charge in [0.15, 0.2) is 5.11 Å². The lowest BCUT2D eigenvalue weighted by atomic mass is 9.96. The minimum atomic E-state index is -0.405. The number of aromatic nitrogens is 2. The minimum Gasteiger partial charge on any atom is -0.495 e. The number of anilines is 1. The van der Waals surface area contributed by atoms with Gasteiger partial charge in [0.25, 0.3) is 5.69 Å². The lowest BCUT2D eigenvalue weighted by Gasteiger charge is -2.29. The molecule has 2 atom stereocenters. The van der Waals surface area contributed by atoms with Gasteiger partial charge in [0.05, 0.1) is 48.3 Å². The van der Waals surface area contributed by atoms with Gasteiger partial charge in [0.1, 0.15) is 11.5 Å². The Morgan fingerprint density at radius 1 is 0.974 bits per heavy atom. The highest BCUT2D eigenvalue weighted by atomic mass is 32.1. The highest BCUT2D eigenvalue weighted by molar-refractivity contribution is 7.80. The summed E-state index contributed by atoms with van der Waals surface area (Å²) in [4.78, 5) is 17.9. The maximum absolute atomic E-state index is 11.6. The molecule has 0 spiro atoms. The van der Waals surface area contributed by atoms with E-state index in [-0.39, 0.29) is 17.8 Å². The van der Waals surface area contributed by atoms with Gasteiger partial charge in [-0.2, -0.15) is 0 Å². The molecule has 1 saturated heterocycles. The number of thiocarbonyl (C=S) groups is 1. The molecular formula is C28H27N5O4S. The third-order valence-electron chi connectivity index (χ3n) is 6.85. The first-order valence-corrected chi connectivity index (χ1v) is 12.4. The molecule has 5 rings (SSSR count). The zero-order valence-electron chi connectivity index (χ0n) is 21.4. The molecule has 9 nitrogen and oxygen atoms in total. The van der Waals surface area contributed by atoms with Crippen LogP contribution in [-0.4, -0.2) is 33.8 Å². The molecule has 2 aromatic heterocycles. The molecule has 1 N–H and O–H groups in total. The molecule has 194 valence electrons. The van der Waals surface area contributed by atoms with E-state index >= 15 is 0 Å². The second-order valence-electron chi connectivity index (χ2n) is 8.94. The van der Waals surface area contributed by atoms with Crippen molar-refractivity contribution in [3.8, 4) is 17.2 Å². The van der Waals surface area contributed by atoms with Gasteiger partial charge in [-0.25, -0.2) is 0 Å². The van der Waals surface area contributed by atoms with E-state index in [1.54, 1.807) is 26.5 Å². The maximum Gasteiger partial charge on any atom is 0.271 e. The van der Waals surface area contributed by atoms with E-state index in [4.69, 9.17) is 21.7 Å². The summed E-state index contributed by atoms with van der Waals surface area (Å²) in [5, 5.41) is 15.6. The highest BCUT2D eigenvalue weighted by Crippen LogP contribution is 2.46. The predicted molar refractivity (Wildman–Crippen MR) is 149 cm³/mol. The molecule has 0 unspecified atom stereocenters. The monoisotopic (exact) mass is 529 g/mol. The predicted octanol–water partition coefficient (Wildman–Crippen LogP) is 5.59. The first-order valence-electron chi connectivity index (χ1n) is 12.0. The molecule has 0 bridgehead atoms. The Labute approximate surface area is 225 Å². The second-order valence-corrected chi connectivity index (χ2v) is 9.33. The lowest BCUT2D eigenvalue weighted by molar-refractivity contribution is -0.384. The molecule has 0 saturated carbocycles. The fraction of sp³-hybridized carbons (Fsp3) is 0.214. The van der Waals surface area contributed by atoms with Crippen molar-refractivity contribution in [2.75, 3.05) is 19.1 Å². The number of nitrogens with zero attached hydrogens (tertiary/aromatic N) is 4. The standard InChI is InChI=1S/C28H27N5O4S/c1-17-15-20(18(2)31(17)23-16-19(33(34)35)12-13-25(23)37-4)27-26(21-9-7-8-14-29-21)30-28(38)32(27)22-10-5-6-11-24(22)36-3/h5-16,26-27H,1-4H3,(H,30,38)/t26-,27+/m1/s1. The van der Waals surface area contributed by atoms with Gasteiger partial charge in [-0.15, -0.1) is 0 Å². The smallest absolute Gasteiger partial charge is 0.271 e. The maximum atomic E-state index is 11.6. The van der Waals surface area contributed by atoms with E-state index in [0.29, 0.717) is 22.3 Å². The van der Waals surface area contributed by atoms with Gasteiger partial charge in [-0.05, 0) is 68.0 Å². The number of benzene rings is 2. The molecule has 0 aliphatic carbocycles. The van der Waals surface area contributed by atoms with Gasteiger partial charge in [-0.1, -0.05) is 18.2 Å². The molecule has 10 heteroatoms. The Morgan fingerprint density at radius 2 is 1.68 bits per heavy atom. The Bertz CT molecular complexity index is 1520. The number of non-ortho nitro benzene ring substituents is 1. The van der Waals surface area contributed by atoms with Crippen LogP contribution in [-0.2, 0) is 0 Å². The SMILES string of the molecule is COc1ccccc1N1C(=S)N[C@H](c2ccccn2)[C@@H]1c1cc(C)n(-c2cc([N+](=O)[O-])ccc2OC)c1C. The summed E-state index contributed by atoms with van der Waals surface area (Å²) in [6.45, 7) is 3.97. The zero-order chi connectivity index (χ0) is 27.0. The molecule has 4 aromatic rings. The summed E-state index contributed by atoms with van der Waals surface area (Å²) >= 11 is 5.88. The van der Waals surface area contributed by atoms with Crippen LogP contribution in [0.4, 0.5) is 11.4 Å². The fourth-order valence-corrected chi connectivity index (χ4v) is 5.52. The van der Waals surface area contributed by atoms with E-state index in [0.717, 1.165) is 28.3 Å². The summed E-state index contributed by atoms with van der Waals surface area (Å²) in [6.07, 6.45) is 1.76. The topological polar surface area (TPSA) is 94.7 Å². The number of nitro groups is 1. The molecule has 3 heterocycles. The molecule has 2 aromatic carbocycles. The van der Waals surface area contributed by atoms with Crippen LogP contribution in [0.1, 0.15) is 34.7 Å². The van der Waals surface area contributed by atoms with Crippen LogP contribution in [0.15, 0.2) is 72.9 Å². The third kappa shape index (κ3) is 4.22. The minimum absolute atomic E-state index is 0.0134. The molecule has 1 aliphatic rings. The molecular weight excluding hydrogens is 502 g/mol. The number of rotatable bonds is 7. The Hall–Kier alpha value is -4.44. The highest BCUT2D eigenvalue weighted by Gasteiger charge is 2.43. The normalized spacial score (nSPS) is 16.8. The number of hydrogen-bond donors (Lipinski definition) is 1. The van der Waals surface area contributed by atoms with Crippen molar-refractivity contribution in [3.63, 3.8) is 0 Å². The fourth-order valence-electron chi connectivity index (χ4n) is 5.18. The zero-order valence-corrected chi connectivity index (χ0v) is 22.2. The van der Waals surface area contributed by atoms with Crippen molar-refractivity contribution in [1.29, 1.82) is 0 Å².